The largest absolute Gasteiger partial charge is 0.458 e. The van der Waals surface area contributed by atoms with E-state index in [1.54, 1.807) is 41.0 Å². The highest BCUT2D eigenvalue weighted by atomic mass is 28.3. The normalized spacial score (nSPS) is 17.1. The molecule has 0 unspecified atom stereocenters. The van der Waals surface area contributed by atoms with E-state index in [4.69, 9.17) is 13.8 Å². The highest BCUT2D eigenvalue weighted by molar-refractivity contribution is 7.20. The van der Waals surface area contributed by atoms with Gasteiger partial charge in [-0.25, -0.2) is 4.98 Å². The lowest BCUT2D eigenvalue weighted by Crippen LogP contribution is -2.74. The van der Waals surface area contributed by atoms with Crippen molar-refractivity contribution < 1.29 is 38.1 Å². The third-order valence-electron chi connectivity index (χ3n) is 21.1. The minimum Gasteiger partial charge on any atom is -0.458 e. The summed E-state index contributed by atoms with van der Waals surface area (Å²) in [5.41, 5.74) is 9.09. The number of ether oxygens (including phenoxy) is 1. The van der Waals surface area contributed by atoms with Crippen LogP contribution in [0.3, 0.4) is 0 Å². The fourth-order valence-electron chi connectivity index (χ4n) is 15.7. The predicted octanol–water partition coefficient (Wildman–Crippen LogP) is 21.6. The number of nitrogens with zero attached hydrogens (tertiary/aromatic N) is 4. The van der Waals surface area contributed by atoms with Gasteiger partial charge in [0, 0.05) is 31.3 Å². The van der Waals surface area contributed by atoms with Crippen molar-refractivity contribution in [2.24, 2.45) is 0 Å². The number of para-hydroxylation sites is 1. The fraction of sp³-hybridized carbons (Fsp3) is 0.188. The summed E-state index contributed by atoms with van der Waals surface area (Å²) in [6, 6.07) is 42.3. The van der Waals surface area contributed by atoms with Crippen LogP contribution in [0.1, 0.15) is 144 Å². The summed E-state index contributed by atoms with van der Waals surface area (Å²) in [4.78, 5) is 4.94. The van der Waals surface area contributed by atoms with Gasteiger partial charge in [0.2, 0.25) is 0 Å². The van der Waals surface area contributed by atoms with E-state index in [0.29, 0.717) is 73.2 Å². The minimum absolute atomic E-state index is 0.0334. The molecule has 15 aromatic rings. The molecule has 6 heteroatoms. The summed E-state index contributed by atoms with van der Waals surface area (Å²) in [7, 11) is -6.01. The molecule has 0 spiro atoms. The SMILES string of the molecule is [2H]c1c([2H])c([2H])c([Si](c2cc3c4c(c2)n(-c2cccc(Oc5ccc6c7ccccc7n(-c7cc(C(C)(C)C)ccn7)c6c5)c2)[c-][n+]4-c2c(-c4ccc(C(C)(C)C)cc4)cc(-c4c(C([2H])([2H])[2H])cccc4C([2H])([2H])[2H])cc2-c2cc4c(cc2-c2ccccc2-3)C(C)(C)CCC4(C)C)(c2c([2H])c([2H])c([2H])c([2H])c2[2H])c2c([2H])c([2H])c([2H])c([2H])c2[2H])c([2H])c1[2H]. The summed E-state index contributed by atoms with van der Waals surface area (Å²) >= 11 is 0. The summed E-state index contributed by atoms with van der Waals surface area (Å²) in [6.07, 6.45) is 7.21. The molecule has 3 aromatic heterocycles. The smallest absolute Gasteiger partial charge is 0.269 e. The van der Waals surface area contributed by atoms with E-state index in [9.17, 15) is 24.7 Å². The van der Waals surface area contributed by atoms with Crippen molar-refractivity contribution in [1.29, 1.82) is 0 Å². The number of benzene rings is 12. The molecule has 102 heavy (non-hydrogen) atoms. The first-order valence-corrected chi connectivity index (χ1v) is 36.6. The van der Waals surface area contributed by atoms with Crippen LogP contribution in [0, 0.1) is 20.0 Å². The average molecular weight is 1360 g/mol. The van der Waals surface area contributed by atoms with Crippen molar-refractivity contribution in [3.05, 3.63) is 319 Å². The molecule has 0 radical (unpaired) electrons. The zero-order valence-corrected chi connectivity index (χ0v) is 59.5. The Kier molecular flexibility index (Phi) is 10.7. The summed E-state index contributed by atoms with van der Waals surface area (Å²) in [5.74, 6) is 1.40. The third kappa shape index (κ3) is 10.6. The predicted molar refractivity (Wildman–Crippen MR) is 429 cm³/mol. The average Bonchev–Trinajstić information content (AvgIpc) is 1.48. The van der Waals surface area contributed by atoms with Crippen LogP contribution in [-0.2, 0) is 21.7 Å². The lowest BCUT2D eigenvalue weighted by Gasteiger charge is -2.42. The van der Waals surface area contributed by atoms with Gasteiger partial charge in [-0.2, -0.15) is 0 Å². The van der Waals surface area contributed by atoms with Gasteiger partial charge in [-0.05, 0) is 225 Å². The van der Waals surface area contributed by atoms with Gasteiger partial charge >= 0.3 is 0 Å². The van der Waals surface area contributed by atoms with Crippen molar-refractivity contribution in [3.63, 3.8) is 0 Å². The molecule has 500 valence electrons. The molecule has 12 aromatic carbocycles. The Morgan fingerprint density at radius 2 is 1.04 bits per heavy atom. The molecule has 0 saturated heterocycles. The molecule has 0 fully saturated rings. The zero-order valence-electron chi connectivity index (χ0n) is 79.5. The molecule has 1 aliphatic carbocycles. The van der Waals surface area contributed by atoms with E-state index in [2.05, 4.69) is 104 Å². The van der Waals surface area contributed by atoms with E-state index >= 15 is 0 Å². The van der Waals surface area contributed by atoms with Gasteiger partial charge in [0.1, 0.15) is 17.3 Å². The molecule has 0 N–H and O–H groups in total. The highest BCUT2D eigenvalue weighted by Crippen LogP contribution is 2.54. The molecule has 2 aliphatic rings. The van der Waals surface area contributed by atoms with Gasteiger partial charge < -0.3 is 4.74 Å². The second-order valence-corrected chi connectivity index (χ2v) is 34.0. The van der Waals surface area contributed by atoms with Crippen LogP contribution in [0.5, 0.6) is 11.5 Å². The van der Waals surface area contributed by atoms with Crippen LogP contribution >= 0.6 is 0 Å². The molecule has 5 nitrogen and oxygen atoms in total. The van der Waals surface area contributed by atoms with E-state index in [1.165, 1.54) is 18.2 Å². The molecule has 17 rings (SSSR count). The Bertz CT molecular complexity index is 6760. The van der Waals surface area contributed by atoms with Crippen LogP contribution in [0.25, 0.3) is 106 Å². The molecule has 0 atom stereocenters. The van der Waals surface area contributed by atoms with Crippen molar-refractivity contribution in [3.8, 4) is 84.3 Å². The maximum atomic E-state index is 10.3. The quantitative estimate of drug-likeness (QED) is 0.0592. The Morgan fingerprint density at radius 3 is 1.67 bits per heavy atom. The van der Waals surface area contributed by atoms with Crippen LogP contribution in [0.4, 0.5) is 0 Å². The fourth-order valence-corrected chi connectivity index (χ4v) is 19.5. The molecule has 0 amide bonds. The first-order chi connectivity index (χ1) is 57.8. The number of aromatic nitrogens is 4. The van der Waals surface area contributed by atoms with Crippen molar-refractivity contribution in [1.82, 2.24) is 14.1 Å². The Hall–Kier alpha value is -10.9. The van der Waals surface area contributed by atoms with Gasteiger partial charge in [-0.3, -0.25) is 13.7 Å². The van der Waals surface area contributed by atoms with Crippen LogP contribution < -0.4 is 30.1 Å². The van der Waals surface area contributed by atoms with Gasteiger partial charge in [-0.15, -0.1) is 0 Å². The first kappa shape index (κ1) is 45.0. The first-order valence-electron chi connectivity index (χ1n) is 45.1. The maximum absolute atomic E-state index is 10.3. The lowest BCUT2D eigenvalue weighted by molar-refractivity contribution is -0.570. The molecular formula is C96H86N4OSi. The number of imidazole rings is 1. The molecule has 4 heterocycles. The summed E-state index contributed by atoms with van der Waals surface area (Å²) in [6.45, 7) is 15.7. The van der Waals surface area contributed by atoms with E-state index in [0.717, 1.165) is 56.9 Å². The second-order valence-electron chi connectivity index (χ2n) is 30.4. The lowest BCUT2D eigenvalue weighted by atomic mass is 9.62. The van der Waals surface area contributed by atoms with Gasteiger partial charge in [0.05, 0.1) is 54.0 Å². The monoisotopic (exact) mass is 1360 g/mol. The van der Waals surface area contributed by atoms with Gasteiger partial charge in [0.15, 0.2) is 8.07 Å². The van der Waals surface area contributed by atoms with Crippen molar-refractivity contribution >= 4 is 61.7 Å². The summed E-state index contributed by atoms with van der Waals surface area (Å²) < 4.78 is 216. The van der Waals surface area contributed by atoms with Gasteiger partial charge in [0.25, 0.3) is 6.33 Å². The van der Waals surface area contributed by atoms with Crippen molar-refractivity contribution in [2.45, 2.75) is 117 Å². The van der Waals surface area contributed by atoms with E-state index < -0.39 is 139 Å². The summed E-state index contributed by atoms with van der Waals surface area (Å²) in [5, 5.41) is -0.347. The Morgan fingerprint density at radius 1 is 0.471 bits per heavy atom. The molecule has 0 saturated carbocycles. The van der Waals surface area contributed by atoms with E-state index in [-0.39, 0.29) is 49.4 Å². The number of aryl methyl sites for hydroxylation is 2. The molecule has 0 bridgehead atoms. The number of hydrogen-bond acceptors (Lipinski definition) is 2. The number of hydrogen-bond donors (Lipinski definition) is 0. The second kappa shape index (κ2) is 24.1. The van der Waals surface area contributed by atoms with Crippen LogP contribution in [0.15, 0.2) is 279 Å². The number of fused-ring (bicyclic) bond motifs is 11. The van der Waals surface area contributed by atoms with Crippen molar-refractivity contribution in [2.75, 3.05) is 0 Å². The molecule has 1 aliphatic heterocycles. The Labute approximate surface area is 631 Å². The number of pyridine rings is 1. The Balaban J connectivity index is 1.10. The van der Waals surface area contributed by atoms with Crippen LogP contribution in [-0.4, -0.2) is 22.2 Å². The van der Waals surface area contributed by atoms with Crippen LogP contribution in [0.2, 0.25) is 0 Å². The molecular weight excluding hydrogens is 1250 g/mol. The maximum Gasteiger partial charge on any atom is 0.269 e. The zero-order chi connectivity index (χ0) is 88.2. The van der Waals surface area contributed by atoms with E-state index in [1.807, 2.05) is 114 Å². The number of rotatable bonds is 10. The highest BCUT2D eigenvalue weighted by Gasteiger charge is 2.44. The van der Waals surface area contributed by atoms with Gasteiger partial charge in [-0.1, -0.05) is 269 Å². The standard InChI is InChI=1S/C96H86N4OSi/c1-62-28-26-29-63(2)90(62)65-52-79(64-42-44-66(45-43-64)93(3,4)5)91-82(53-65)81-60-85-84(95(9,10)49-50-96(85,11)12)59-80(81)75-38-22-23-39-76(75)83-57-74(102(71-32-16-13-17-33-71,72-34-18-14-19-35-72)73-36-20-15-21-37-73)58-88-92(83)99(91)61-98(88)68-30-27-31-69(55-68)101-70-46-47-78-77-40-24-25-41-86(77)100(87(78)56-70)89-54-67(48-51-97-89)94(6,7)8/h13-48,51-60H,49-50H2,1-12H3/i1D3,2D3,13D,14D,15D,16D,17D,18D,19D,20D,21D,32D,33D,34D,35D,36D,37D. The topological polar surface area (TPSA) is 35.9 Å². The minimum atomic E-state index is -6.01. The third-order valence-corrected chi connectivity index (χ3v) is 25.3.